The molecular weight excluding hydrogens is 258 g/mol. The lowest BCUT2D eigenvalue weighted by molar-refractivity contribution is 0.324. The van der Waals surface area contributed by atoms with Gasteiger partial charge in [-0.05, 0) is 6.07 Å². The first-order chi connectivity index (χ1) is 9.78. The van der Waals surface area contributed by atoms with Crippen LogP contribution in [0.15, 0.2) is 30.6 Å². The third kappa shape index (κ3) is 3.09. The summed E-state index contributed by atoms with van der Waals surface area (Å²) in [5, 5.41) is 3.22. The topological polar surface area (TPSA) is 65.5 Å². The third-order valence-electron chi connectivity index (χ3n) is 2.73. The molecule has 2 rings (SSSR count). The van der Waals surface area contributed by atoms with E-state index >= 15 is 0 Å². The summed E-state index contributed by atoms with van der Waals surface area (Å²) in [5.74, 6) is 2.48. The molecule has 0 saturated carbocycles. The maximum atomic E-state index is 5.30. The summed E-state index contributed by atoms with van der Waals surface area (Å²) in [6.45, 7) is 0.513. The van der Waals surface area contributed by atoms with Crippen LogP contribution < -0.4 is 19.5 Å². The molecule has 20 heavy (non-hydrogen) atoms. The summed E-state index contributed by atoms with van der Waals surface area (Å²) < 4.78 is 15.9. The zero-order valence-electron chi connectivity index (χ0n) is 11.7. The standard InChI is InChI=1S/C14H17N3O3/c1-18-11-7-10(8-12(19-2)14(11)20-3)17-9-13-15-5-4-6-16-13/h4-8,17H,9H2,1-3H3. The minimum absolute atomic E-state index is 0.513. The van der Waals surface area contributed by atoms with Crippen molar-refractivity contribution >= 4 is 5.69 Å². The average Bonchev–Trinajstić information content (AvgIpc) is 2.52. The molecular formula is C14H17N3O3. The molecule has 0 aliphatic rings. The molecule has 0 fully saturated rings. The van der Waals surface area contributed by atoms with Crippen LogP contribution in [0.1, 0.15) is 5.82 Å². The Morgan fingerprint density at radius 3 is 2.05 bits per heavy atom. The van der Waals surface area contributed by atoms with Crippen LogP contribution in [0.2, 0.25) is 0 Å². The summed E-state index contributed by atoms with van der Waals surface area (Å²) in [6.07, 6.45) is 3.42. The molecule has 0 aliphatic carbocycles. The molecule has 0 amide bonds. The quantitative estimate of drug-likeness (QED) is 0.871. The summed E-state index contributed by atoms with van der Waals surface area (Å²) in [6, 6.07) is 5.46. The Morgan fingerprint density at radius 2 is 1.55 bits per heavy atom. The number of benzene rings is 1. The lowest BCUT2D eigenvalue weighted by Gasteiger charge is -2.14. The van der Waals surface area contributed by atoms with Gasteiger partial charge in [0.2, 0.25) is 5.75 Å². The molecule has 0 radical (unpaired) electrons. The Kier molecular flexibility index (Phi) is 4.60. The molecule has 106 valence electrons. The molecule has 0 bridgehead atoms. The van der Waals surface area contributed by atoms with Crippen LogP contribution >= 0.6 is 0 Å². The molecule has 1 heterocycles. The number of ether oxygens (including phenoxy) is 3. The number of anilines is 1. The number of rotatable bonds is 6. The van der Waals surface area contributed by atoms with Crippen molar-refractivity contribution in [2.24, 2.45) is 0 Å². The maximum absolute atomic E-state index is 5.30. The number of nitrogens with zero attached hydrogens (tertiary/aromatic N) is 2. The predicted molar refractivity (Wildman–Crippen MR) is 75.5 cm³/mol. The monoisotopic (exact) mass is 275 g/mol. The third-order valence-corrected chi connectivity index (χ3v) is 2.73. The van der Waals surface area contributed by atoms with Gasteiger partial charge in [0.15, 0.2) is 11.5 Å². The van der Waals surface area contributed by atoms with Crippen molar-refractivity contribution in [2.75, 3.05) is 26.6 Å². The molecule has 6 heteroatoms. The van der Waals surface area contributed by atoms with E-state index < -0.39 is 0 Å². The molecule has 1 aromatic carbocycles. The fourth-order valence-corrected chi connectivity index (χ4v) is 1.79. The summed E-state index contributed by atoms with van der Waals surface area (Å²) >= 11 is 0. The fraction of sp³-hybridized carbons (Fsp3) is 0.286. The van der Waals surface area contributed by atoms with Gasteiger partial charge in [0.1, 0.15) is 5.82 Å². The van der Waals surface area contributed by atoms with E-state index in [9.17, 15) is 0 Å². The Balaban J connectivity index is 2.19. The van der Waals surface area contributed by atoms with E-state index in [1.54, 1.807) is 39.8 Å². The van der Waals surface area contributed by atoms with Gasteiger partial charge in [-0.15, -0.1) is 0 Å². The number of nitrogens with one attached hydrogen (secondary N) is 1. The van der Waals surface area contributed by atoms with E-state index in [-0.39, 0.29) is 0 Å². The second-order valence-electron chi connectivity index (χ2n) is 3.93. The van der Waals surface area contributed by atoms with Crippen molar-refractivity contribution in [3.63, 3.8) is 0 Å². The van der Waals surface area contributed by atoms with Crippen molar-refractivity contribution in [1.82, 2.24) is 9.97 Å². The minimum atomic E-state index is 0.513. The maximum Gasteiger partial charge on any atom is 0.203 e. The fourth-order valence-electron chi connectivity index (χ4n) is 1.79. The molecule has 1 aromatic heterocycles. The Hall–Kier alpha value is -2.50. The van der Waals surface area contributed by atoms with E-state index in [1.165, 1.54) is 0 Å². The highest BCUT2D eigenvalue weighted by atomic mass is 16.5. The second kappa shape index (κ2) is 6.60. The number of methoxy groups -OCH3 is 3. The Morgan fingerprint density at radius 1 is 0.950 bits per heavy atom. The van der Waals surface area contributed by atoms with Gasteiger partial charge in [0.05, 0.1) is 27.9 Å². The van der Waals surface area contributed by atoms with Gasteiger partial charge in [0, 0.05) is 30.2 Å². The lowest BCUT2D eigenvalue weighted by Crippen LogP contribution is -2.04. The van der Waals surface area contributed by atoms with Crippen molar-refractivity contribution in [1.29, 1.82) is 0 Å². The molecule has 2 aromatic rings. The SMILES string of the molecule is COc1cc(NCc2ncccn2)cc(OC)c1OC. The van der Waals surface area contributed by atoms with Crippen LogP contribution in [0.3, 0.4) is 0 Å². The first-order valence-corrected chi connectivity index (χ1v) is 6.08. The highest BCUT2D eigenvalue weighted by molar-refractivity contribution is 5.62. The van der Waals surface area contributed by atoms with Crippen LogP contribution in [0, 0.1) is 0 Å². The van der Waals surface area contributed by atoms with E-state index in [2.05, 4.69) is 15.3 Å². The van der Waals surface area contributed by atoms with Gasteiger partial charge < -0.3 is 19.5 Å². The largest absolute Gasteiger partial charge is 0.493 e. The van der Waals surface area contributed by atoms with Gasteiger partial charge in [0.25, 0.3) is 0 Å². The van der Waals surface area contributed by atoms with Gasteiger partial charge in [-0.2, -0.15) is 0 Å². The van der Waals surface area contributed by atoms with E-state index in [4.69, 9.17) is 14.2 Å². The van der Waals surface area contributed by atoms with Crippen molar-refractivity contribution in [3.05, 3.63) is 36.4 Å². The van der Waals surface area contributed by atoms with Crippen LogP contribution in [-0.4, -0.2) is 31.3 Å². The van der Waals surface area contributed by atoms with Crippen molar-refractivity contribution in [3.8, 4) is 17.2 Å². The molecule has 0 spiro atoms. The Bertz CT molecular complexity index is 536. The molecule has 0 aliphatic heterocycles. The van der Waals surface area contributed by atoms with E-state index in [0.717, 1.165) is 5.69 Å². The van der Waals surface area contributed by atoms with Crippen molar-refractivity contribution in [2.45, 2.75) is 6.54 Å². The second-order valence-corrected chi connectivity index (χ2v) is 3.93. The molecule has 0 atom stereocenters. The summed E-state index contributed by atoms with van der Waals surface area (Å²) in [7, 11) is 4.74. The van der Waals surface area contributed by atoms with Gasteiger partial charge in [-0.3, -0.25) is 0 Å². The highest BCUT2D eigenvalue weighted by Crippen LogP contribution is 2.39. The Labute approximate surface area is 117 Å². The molecule has 0 saturated heterocycles. The normalized spacial score (nSPS) is 9.95. The highest BCUT2D eigenvalue weighted by Gasteiger charge is 2.13. The smallest absolute Gasteiger partial charge is 0.203 e. The minimum Gasteiger partial charge on any atom is -0.493 e. The number of hydrogen-bond donors (Lipinski definition) is 1. The molecule has 0 unspecified atom stereocenters. The molecule has 6 nitrogen and oxygen atoms in total. The number of aromatic nitrogens is 2. The average molecular weight is 275 g/mol. The van der Waals surface area contributed by atoms with E-state index in [0.29, 0.717) is 29.6 Å². The number of hydrogen-bond acceptors (Lipinski definition) is 6. The van der Waals surface area contributed by atoms with Crippen LogP contribution in [0.4, 0.5) is 5.69 Å². The van der Waals surface area contributed by atoms with Crippen molar-refractivity contribution < 1.29 is 14.2 Å². The van der Waals surface area contributed by atoms with Crippen LogP contribution in [-0.2, 0) is 6.54 Å². The van der Waals surface area contributed by atoms with Gasteiger partial charge >= 0.3 is 0 Å². The van der Waals surface area contributed by atoms with Gasteiger partial charge in [-0.1, -0.05) is 0 Å². The summed E-state index contributed by atoms with van der Waals surface area (Å²) in [4.78, 5) is 8.30. The van der Waals surface area contributed by atoms with Crippen LogP contribution in [0.25, 0.3) is 0 Å². The first-order valence-electron chi connectivity index (χ1n) is 6.08. The first kappa shape index (κ1) is 13.9. The lowest BCUT2D eigenvalue weighted by atomic mass is 10.2. The molecule has 1 N–H and O–H groups in total. The van der Waals surface area contributed by atoms with E-state index in [1.807, 2.05) is 12.1 Å². The van der Waals surface area contributed by atoms with Crippen LogP contribution in [0.5, 0.6) is 17.2 Å². The zero-order chi connectivity index (χ0) is 14.4. The summed E-state index contributed by atoms with van der Waals surface area (Å²) in [5.41, 5.74) is 0.840. The zero-order valence-corrected chi connectivity index (χ0v) is 11.7. The predicted octanol–water partition coefficient (Wildman–Crippen LogP) is 2.11. The van der Waals surface area contributed by atoms with Gasteiger partial charge in [-0.25, -0.2) is 9.97 Å².